The highest BCUT2D eigenvalue weighted by atomic mass is 19.1. The van der Waals surface area contributed by atoms with E-state index in [9.17, 15) is 4.39 Å². The molecule has 3 rings (SSSR count). The molecule has 2 N–H and O–H groups in total. The Kier molecular flexibility index (Phi) is 3.70. The fourth-order valence-electron chi connectivity index (χ4n) is 2.69. The Balaban J connectivity index is 1.67. The zero-order valence-corrected chi connectivity index (χ0v) is 11.3. The zero-order chi connectivity index (χ0) is 13.9. The summed E-state index contributed by atoms with van der Waals surface area (Å²) < 4.78 is 18.7. The predicted molar refractivity (Wildman–Crippen MR) is 77.2 cm³/mol. The standard InChI is InChI=1S/C17H18FNO/c18-15-7-5-12(6-8-15)9-16(19)14-10-13-3-1-2-4-17(13)20-11-14/h1-8,14,16H,9-11,19H2. The lowest BCUT2D eigenvalue weighted by Gasteiger charge is -2.29. The number of halogens is 1. The van der Waals surface area contributed by atoms with Gasteiger partial charge in [-0.05, 0) is 42.2 Å². The quantitative estimate of drug-likeness (QED) is 0.931. The number of nitrogens with two attached hydrogens (primary N) is 1. The van der Waals surface area contributed by atoms with Gasteiger partial charge in [0.05, 0.1) is 6.61 Å². The second kappa shape index (κ2) is 5.63. The third-order valence-corrected chi connectivity index (χ3v) is 3.90. The average molecular weight is 271 g/mol. The second-order valence-corrected chi connectivity index (χ2v) is 5.38. The highest BCUT2D eigenvalue weighted by Crippen LogP contribution is 2.28. The molecule has 0 spiro atoms. The molecule has 0 saturated carbocycles. The van der Waals surface area contributed by atoms with E-state index in [-0.39, 0.29) is 11.9 Å². The Hall–Kier alpha value is -1.87. The van der Waals surface area contributed by atoms with Crippen LogP contribution in [0.1, 0.15) is 11.1 Å². The predicted octanol–water partition coefficient (Wildman–Crippen LogP) is 2.95. The van der Waals surface area contributed by atoms with Gasteiger partial charge in [-0.1, -0.05) is 30.3 Å². The van der Waals surface area contributed by atoms with Crippen molar-refractivity contribution in [3.05, 3.63) is 65.5 Å². The molecule has 1 heterocycles. The van der Waals surface area contributed by atoms with Gasteiger partial charge in [0.1, 0.15) is 11.6 Å². The molecule has 2 unspecified atom stereocenters. The molecule has 0 bridgehead atoms. The number of para-hydroxylation sites is 1. The second-order valence-electron chi connectivity index (χ2n) is 5.38. The SMILES string of the molecule is NC(Cc1ccc(F)cc1)C1COc2ccccc2C1. The lowest BCUT2D eigenvalue weighted by molar-refractivity contribution is 0.199. The van der Waals surface area contributed by atoms with Gasteiger partial charge in [-0.2, -0.15) is 0 Å². The normalized spacial score (nSPS) is 19.0. The molecule has 0 amide bonds. The van der Waals surface area contributed by atoms with Gasteiger partial charge in [0, 0.05) is 12.0 Å². The number of benzene rings is 2. The maximum absolute atomic E-state index is 12.9. The van der Waals surface area contributed by atoms with Gasteiger partial charge in [-0.15, -0.1) is 0 Å². The summed E-state index contributed by atoms with van der Waals surface area (Å²) in [5.41, 5.74) is 8.59. The number of fused-ring (bicyclic) bond motifs is 1. The van der Waals surface area contributed by atoms with Crippen LogP contribution in [0.2, 0.25) is 0 Å². The molecular weight excluding hydrogens is 253 g/mol. The summed E-state index contributed by atoms with van der Waals surface area (Å²) in [6.07, 6.45) is 1.69. The van der Waals surface area contributed by atoms with E-state index in [2.05, 4.69) is 6.07 Å². The van der Waals surface area contributed by atoms with Crippen LogP contribution in [-0.2, 0) is 12.8 Å². The van der Waals surface area contributed by atoms with E-state index in [0.717, 1.165) is 24.2 Å². The van der Waals surface area contributed by atoms with Crippen LogP contribution in [0.15, 0.2) is 48.5 Å². The molecule has 2 aromatic rings. The van der Waals surface area contributed by atoms with Crippen molar-refractivity contribution in [2.45, 2.75) is 18.9 Å². The van der Waals surface area contributed by atoms with Crippen molar-refractivity contribution in [3.63, 3.8) is 0 Å². The third kappa shape index (κ3) is 2.83. The van der Waals surface area contributed by atoms with Gasteiger partial charge < -0.3 is 10.5 Å². The molecule has 2 nitrogen and oxygen atoms in total. The summed E-state index contributed by atoms with van der Waals surface area (Å²) in [6.45, 7) is 0.652. The summed E-state index contributed by atoms with van der Waals surface area (Å²) in [6, 6.07) is 14.7. The van der Waals surface area contributed by atoms with Crippen molar-refractivity contribution in [3.8, 4) is 5.75 Å². The summed E-state index contributed by atoms with van der Waals surface area (Å²) in [5.74, 6) is 1.06. The molecule has 0 fully saturated rings. The largest absolute Gasteiger partial charge is 0.493 e. The highest BCUT2D eigenvalue weighted by Gasteiger charge is 2.25. The molecule has 3 heteroatoms. The first-order valence-corrected chi connectivity index (χ1v) is 6.93. The van der Waals surface area contributed by atoms with Gasteiger partial charge in [0.2, 0.25) is 0 Å². The lowest BCUT2D eigenvalue weighted by Crippen LogP contribution is -2.39. The molecule has 0 aliphatic carbocycles. The van der Waals surface area contributed by atoms with Crippen LogP contribution in [0.3, 0.4) is 0 Å². The molecular formula is C17H18FNO. The third-order valence-electron chi connectivity index (χ3n) is 3.90. The van der Waals surface area contributed by atoms with E-state index in [1.54, 1.807) is 12.1 Å². The van der Waals surface area contributed by atoms with E-state index in [1.807, 2.05) is 18.2 Å². The van der Waals surface area contributed by atoms with Gasteiger partial charge in [0.15, 0.2) is 0 Å². The van der Waals surface area contributed by atoms with Crippen molar-refractivity contribution in [2.24, 2.45) is 11.7 Å². The summed E-state index contributed by atoms with van der Waals surface area (Å²) in [7, 11) is 0. The van der Waals surface area contributed by atoms with E-state index < -0.39 is 0 Å². The zero-order valence-electron chi connectivity index (χ0n) is 11.3. The smallest absolute Gasteiger partial charge is 0.123 e. The maximum Gasteiger partial charge on any atom is 0.123 e. The molecule has 20 heavy (non-hydrogen) atoms. The summed E-state index contributed by atoms with van der Waals surface area (Å²) >= 11 is 0. The van der Waals surface area contributed by atoms with Crippen molar-refractivity contribution in [2.75, 3.05) is 6.61 Å². The average Bonchev–Trinajstić information content (AvgIpc) is 2.49. The Morgan fingerprint density at radius 3 is 2.70 bits per heavy atom. The fourth-order valence-corrected chi connectivity index (χ4v) is 2.69. The maximum atomic E-state index is 12.9. The van der Waals surface area contributed by atoms with E-state index in [1.165, 1.54) is 17.7 Å². The number of ether oxygens (including phenoxy) is 1. The minimum atomic E-state index is -0.211. The number of rotatable bonds is 3. The van der Waals surface area contributed by atoms with Gasteiger partial charge in [0.25, 0.3) is 0 Å². The molecule has 0 aromatic heterocycles. The van der Waals surface area contributed by atoms with Crippen molar-refractivity contribution in [1.29, 1.82) is 0 Å². The molecule has 2 atom stereocenters. The van der Waals surface area contributed by atoms with Crippen LogP contribution < -0.4 is 10.5 Å². The lowest BCUT2D eigenvalue weighted by atomic mass is 9.87. The van der Waals surface area contributed by atoms with E-state index >= 15 is 0 Å². The van der Waals surface area contributed by atoms with E-state index in [0.29, 0.717) is 12.5 Å². The van der Waals surface area contributed by atoms with E-state index in [4.69, 9.17) is 10.5 Å². The van der Waals surface area contributed by atoms with Gasteiger partial charge in [-0.3, -0.25) is 0 Å². The molecule has 0 radical (unpaired) electrons. The summed E-state index contributed by atoms with van der Waals surface area (Å²) in [4.78, 5) is 0. The molecule has 104 valence electrons. The minimum absolute atomic E-state index is 0.0221. The van der Waals surface area contributed by atoms with Crippen LogP contribution in [0.4, 0.5) is 4.39 Å². The first kappa shape index (κ1) is 13.1. The van der Waals surface area contributed by atoms with Crippen LogP contribution >= 0.6 is 0 Å². The Morgan fingerprint density at radius 1 is 1.15 bits per heavy atom. The first-order valence-electron chi connectivity index (χ1n) is 6.93. The van der Waals surface area contributed by atoms with Gasteiger partial charge in [-0.25, -0.2) is 4.39 Å². The Labute approximate surface area is 118 Å². The molecule has 1 aliphatic heterocycles. The van der Waals surface area contributed by atoms with Crippen LogP contribution in [0.25, 0.3) is 0 Å². The molecule has 2 aromatic carbocycles. The first-order chi connectivity index (χ1) is 9.72. The van der Waals surface area contributed by atoms with Crippen LogP contribution in [-0.4, -0.2) is 12.6 Å². The number of hydrogen-bond acceptors (Lipinski definition) is 2. The monoisotopic (exact) mass is 271 g/mol. The molecule has 0 saturated heterocycles. The van der Waals surface area contributed by atoms with Crippen molar-refractivity contribution >= 4 is 0 Å². The summed E-state index contributed by atoms with van der Waals surface area (Å²) in [5, 5.41) is 0. The topological polar surface area (TPSA) is 35.2 Å². The minimum Gasteiger partial charge on any atom is -0.493 e. The van der Waals surface area contributed by atoms with Crippen LogP contribution in [0, 0.1) is 11.7 Å². The fraction of sp³-hybridized carbons (Fsp3) is 0.294. The Morgan fingerprint density at radius 2 is 1.90 bits per heavy atom. The Bertz CT molecular complexity index is 582. The van der Waals surface area contributed by atoms with Crippen molar-refractivity contribution < 1.29 is 9.13 Å². The molecule has 1 aliphatic rings. The van der Waals surface area contributed by atoms with Crippen LogP contribution in [0.5, 0.6) is 5.75 Å². The number of hydrogen-bond donors (Lipinski definition) is 1. The van der Waals surface area contributed by atoms with Crippen molar-refractivity contribution in [1.82, 2.24) is 0 Å². The van der Waals surface area contributed by atoms with Gasteiger partial charge >= 0.3 is 0 Å². The highest BCUT2D eigenvalue weighted by molar-refractivity contribution is 5.35.